The molecule has 0 aromatic heterocycles. The molecule has 0 saturated heterocycles. The topological polar surface area (TPSA) is 9.23 Å². The minimum atomic E-state index is -2.85. The third-order valence-electron chi connectivity index (χ3n) is 2.81. The molecule has 0 aliphatic carbocycles. The van der Waals surface area contributed by atoms with E-state index in [1.54, 1.807) is 12.1 Å². The van der Waals surface area contributed by atoms with Gasteiger partial charge in [-0.05, 0) is 29.5 Å². The lowest BCUT2D eigenvalue weighted by Gasteiger charge is -2.24. The Morgan fingerprint density at radius 3 is 2.50 bits per heavy atom. The van der Waals surface area contributed by atoms with E-state index in [-0.39, 0.29) is 16.2 Å². The van der Waals surface area contributed by atoms with Crippen molar-refractivity contribution in [3.8, 4) is 5.75 Å². The Morgan fingerprint density at radius 1 is 1.38 bits per heavy atom. The first-order valence-electron chi connectivity index (χ1n) is 5.11. The first-order valence-corrected chi connectivity index (χ1v) is 5.49. The zero-order valence-corrected chi connectivity index (χ0v) is 10.3. The first kappa shape index (κ1) is 13.2. The van der Waals surface area contributed by atoms with Crippen molar-refractivity contribution >= 4 is 11.6 Å². The van der Waals surface area contributed by atoms with Crippen molar-refractivity contribution in [1.29, 1.82) is 0 Å². The third-order valence-corrected chi connectivity index (χ3v) is 3.12. The van der Waals surface area contributed by atoms with Crippen LogP contribution in [0.25, 0.3) is 0 Å². The van der Waals surface area contributed by atoms with Gasteiger partial charge in [0.2, 0.25) is 0 Å². The van der Waals surface area contributed by atoms with Gasteiger partial charge in [-0.15, -0.1) is 0 Å². The van der Waals surface area contributed by atoms with Crippen LogP contribution in [0.1, 0.15) is 32.8 Å². The fraction of sp³-hybridized carbons (Fsp3) is 0.500. The van der Waals surface area contributed by atoms with Gasteiger partial charge in [0.15, 0.2) is 0 Å². The van der Waals surface area contributed by atoms with E-state index in [0.29, 0.717) is 0 Å². The summed E-state index contributed by atoms with van der Waals surface area (Å²) in [5.74, 6) is 0.0377. The van der Waals surface area contributed by atoms with E-state index in [1.807, 2.05) is 26.8 Å². The van der Waals surface area contributed by atoms with Gasteiger partial charge < -0.3 is 4.74 Å². The second-order valence-electron chi connectivity index (χ2n) is 4.26. The summed E-state index contributed by atoms with van der Waals surface area (Å²) in [6.07, 6.45) is 0.906. The van der Waals surface area contributed by atoms with E-state index in [2.05, 4.69) is 4.74 Å². The van der Waals surface area contributed by atoms with Crippen LogP contribution < -0.4 is 4.74 Å². The van der Waals surface area contributed by atoms with E-state index >= 15 is 0 Å². The second-order valence-corrected chi connectivity index (χ2v) is 4.67. The Morgan fingerprint density at radius 2 is 2.00 bits per heavy atom. The van der Waals surface area contributed by atoms with Crippen molar-refractivity contribution in [2.75, 3.05) is 0 Å². The minimum absolute atomic E-state index is 0.0377. The van der Waals surface area contributed by atoms with E-state index in [4.69, 9.17) is 11.6 Å². The van der Waals surface area contributed by atoms with Crippen molar-refractivity contribution < 1.29 is 13.5 Å². The molecular formula is C12H15ClF2O. The SMILES string of the molecule is CCC(C)(C)c1ccc(Cl)c(OC(F)F)c1. The molecule has 1 aromatic carbocycles. The molecule has 0 heterocycles. The quantitative estimate of drug-likeness (QED) is 0.755. The Kier molecular flexibility index (Phi) is 4.14. The van der Waals surface area contributed by atoms with Crippen molar-refractivity contribution in [3.63, 3.8) is 0 Å². The highest BCUT2D eigenvalue weighted by Gasteiger charge is 2.20. The number of rotatable bonds is 4. The molecule has 0 fully saturated rings. The Balaban J connectivity index is 3.07. The van der Waals surface area contributed by atoms with E-state index < -0.39 is 6.61 Å². The molecule has 0 radical (unpaired) electrons. The van der Waals surface area contributed by atoms with Gasteiger partial charge in [-0.3, -0.25) is 0 Å². The van der Waals surface area contributed by atoms with Crippen LogP contribution in [-0.4, -0.2) is 6.61 Å². The predicted octanol–water partition coefficient (Wildman–Crippen LogP) is 4.63. The lowest BCUT2D eigenvalue weighted by molar-refractivity contribution is -0.0498. The van der Waals surface area contributed by atoms with Crippen molar-refractivity contribution in [2.24, 2.45) is 0 Å². The average molecular weight is 249 g/mol. The molecule has 0 aliphatic heterocycles. The highest BCUT2D eigenvalue weighted by atomic mass is 35.5. The summed E-state index contributed by atoms with van der Waals surface area (Å²) in [7, 11) is 0. The van der Waals surface area contributed by atoms with Crippen LogP contribution in [0.5, 0.6) is 5.75 Å². The fourth-order valence-electron chi connectivity index (χ4n) is 1.31. The van der Waals surface area contributed by atoms with Crippen molar-refractivity contribution in [3.05, 3.63) is 28.8 Å². The standard InChI is InChI=1S/C12H15ClF2O/c1-4-12(2,3)8-5-6-9(13)10(7-8)16-11(14)15/h5-7,11H,4H2,1-3H3. The van der Waals surface area contributed by atoms with Gasteiger partial charge in [0.25, 0.3) is 0 Å². The maximum atomic E-state index is 12.1. The van der Waals surface area contributed by atoms with Gasteiger partial charge in [0.05, 0.1) is 5.02 Å². The fourth-order valence-corrected chi connectivity index (χ4v) is 1.48. The largest absolute Gasteiger partial charge is 0.433 e. The molecule has 1 aromatic rings. The van der Waals surface area contributed by atoms with Gasteiger partial charge in [-0.2, -0.15) is 8.78 Å². The second kappa shape index (κ2) is 5.00. The maximum absolute atomic E-state index is 12.1. The van der Waals surface area contributed by atoms with E-state index in [0.717, 1.165) is 12.0 Å². The Labute approximate surface area is 99.4 Å². The van der Waals surface area contributed by atoms with Gasteiger partial charge >= 0.3 is 6.61 Å². The number of halogens is 3. The van der Waals surface area contributed by atoms with Crippen LogP contribution >= 0.6 is 11.6 Å². The highest BCUT2D eigenvalue weighted by molar-refractivity contribution is 6.32. The van der Waals surface area contributed by atoms with E-state index in [9.17, 15) is 8.78 Å². The lowest BCUT2D eigenvalue weighted by Crippen LogP contribution is -2.15. The van der Waals surface area contributed by atoms with Gasteiger partial charge in [-0.25, -0.2) is 0 Å². The number of ether oxygens (including phenoxy) is 1. The molecule has 0 bridgehead atoms. The molecule has 90 valence electrons. The maximum Gasteiger partial charge on any atom is 0.387 e. The molecule has 1 nitrogen and oxygen atoms in total. The molecule has 1 rings (SSSR count). The average Bonchev–Trinajstić information content (AvgIpc) is 2.20. The summed E-state index contributed by atoms with van der Waals surface area (Å²) in [6.45, 7) is 3.28. The smallest absolute Gasteiger partial charge is 0.387 e. The summed E-state index contributed by atoms with van der Waals surface area (Å²) >= 11 is 5.78. The van der Waals surface area contributed by atoms with Crippen LogP contribution in [-0.2, 0) is 5.41 Å². The normalized spacial score (nSPS) is 11.9. The molecule has 0 atom stereocenters. The minimum Gasteiger partial charge on any atom is -0.433 e. The molecule has 0 saturated carbocycles. The number of benzene rings is 1. The summed E-state index contributed by atoms with van der Waals surface area (Å²) in [5, 5.41) is 0.205. The predicted molar refractivity (Wildman–Crippen MR) is 61.4 cm³/mol. The molecule has 0 unspecified atom stereocenters. The number of hydrogen-bond acceptors (Lipinski definition) is 1. The van der Waals surface area contributed by atoms with Crippen LogP contribution in [0.15, 0.2) is 18.2 Å². The van der Waals surface area contributed by atoms with Crippen LogP contribution in [0, 0.1) is 0 Å². The van der Waals surface area contributed by atoms with Crippen LogP contribution in [0.4, 0.5) is 8.78 Å². The van der Waals surface area contributed by atoms with E-state index in [1.165, 1.54) is 0 Å². The lowest BCUT2D eigenvalue weighted by atomic mass is 9.82. The molecule has 4 heteroatoms. The number of hydrogen-bond donors (Lipinski definition) is 0. The Hall–Kier alpha value is -0.830. The Bertz CT molecular complexity index is 364. The summed E-state index contributed by atoms with van der Waals surface area (Å²) in [5.41, 5.74) is 0.861. The van der Waals surface area contributed by atoms with Gasteiger partial charge in [0.1, 0.15) is 5.75 Å². The molecular weight excluding hydrogens is 234 g/mol. The first-order chi connectivity index (χ1) is 7.36. The zero-order chi connectivity index (χ0) is 12.3. The molecule has 16 heavy (non-hydrogen) atoms. The molecule has 0 N–H and O–H groups in total. The number of alkyl halides is 2. The van der Waals surface area contributed by atoms with Crippen molar-refractivity contribution in [2.45, 2.75) is 39.2 Å². The van der Waals surface area contributed by atoms with Gasteiger partial charge in [-0.1, -0.05) is 38.4 Å². The highest BCUT2D eigenvalue weighted by Crippen LogP contribution is 2.33. The third kappa shape index (κ3) is 3.08. The molecule has 0 aliphatic rings. The summed E-state index contributed by atoms with van der Waals surface area (Å²) in [6, 6.07) is 5.01. The van der Waals surface area contributed by atoms with Crippen LogP contribution in [0.3, 0.4) is 0 Å². The van der Waals surface area contributed by atoms with Crippen LogP contribution in [0.2, 0.25) is 5.02 Å². The zero-order valence-electron chi connectivity index (χ0n) is 9.56. The van der Waals surface area contributed by atoms with Gasteiger partial charge in [0, 0.05) is 0 Å². The summed E-state index contributed by atoms with van der Waals surface area (Å²) in [4.78, 5) is 0. The molecule has 0 spiro atoms. The monoisotopic (exact) mass is 248 g/mol. The molecule has 0 amide bonds. The van der Waals surface area contributed by atoms with Crippen molar-refractivity contribution in [1.82, 2.24) is 0 Å². The summed E-state index contributed by atoms with van der Waals surface area (Å²) < 4.78 is 28.6.